The Morgan fingerprint density at radius 1 is 0.958 bits per heavy atom. The van der Waals surface area contributed by atoms with Gasteiger partial charge in [-0.1, -0.05) is 57.2 Å². The summed E-state index contributed by atoms with van der Waals surface area (Å²) in [7, 11) is 0. The number of fused-ring (bicyclic) bond motifs is 2. The van der Waals surface area contributed by atoms with E-state index in [2.05, 4.69) is 74.0 Å². The quantitative estimate of drug-likeness (QED) is 0.431. The fourth-order valence-electron chi connectivity index (χ4n) is 3.52. The van der Waals surface area contributed by atoms with Gasteiger partial charge in [-0.15, -0.1) is 0 Å². The molecule has 2 aromatic carbocycles. The van der Waals surface area contributed by atoms with E-state index in [9.17, 15) is 0 Å². The summed E-state index contributed by atoms with van der Waals surface area (Å²) in [5.41, 5.74) is 3.70. The minimum atomic E-state index is 0.327. The molecule has 0 amide bonds. The maximum absolute atomic E-state index is 6.06. The van der Waals surface area contributed by atoms with Crippen LogP contribution in [0.15, 0.2) is 65.2 Å². The molecule has 0 bridgehead atoms. The van der Waals surface area contributed by atoms with Crippen LogP contribution in [0.3, 0.4) is 0 Å². The Hall–Kier alpha value is -2.48. The van der Waals surface area contributed by atoms with E-state index in [0.717, 1.165) is 17.9 Å². The normalized spacial score (nSPS) is 13.2. The minimum absolute atomic E-state index is 0.327. The zero-order valence-corrected chi connectivity index (χ0v) is 14.5. The van der Waals surface area contributed by atoms with Gasteiger partial charge in [-0.2, -0.15) is 0 Å². The molecule has 4 aromatic rings. The number of hydrogen-bond acceptors (Lipinski definition) is 1. The summed E-state index contributed by atoms with van der Waals surface area (Å²) in [6, 6.07) is 19.1. The van der Waals surface area contributed by atoms with Crippen molar-refractivity contribution in [3.8, 4) is 0 Å². The lowest BCUT2D eigenvalue weighted by Gasteiger charge is -2.11. The second kappa shape index (κ2) is 5.86. The third kappa shape index (κ3) is 2.52. The van der Waals surface area contributed by atoms with Crippen LogP contribution in [0.25, 0.3) is 21.9 Å². The lowest BCUT2D eigenvalue weighted by molar-refractivity contribution is 0.472. The number of para-hydroxylation sites is 2. The van der Waals surface area contributed by atoms with Gasteiger partial charge in [-0.05, 0) is 29.7 Å². The van der Waals surface area contributed by atoms with Crippen LogP contribution in [0.1, 0.15) is 43.9 Å². The predicted octanol–water partition coefficient (Wildman–Crippen LogP) is 6.31. The molecule has 24 heavy (non-hydrogen) atoms. The summed E-state index contributed by atoms with van der Waals surface area (Å²) in [6.45, 7) is 7.68. The molecule has 0 aliphatic rings. The van der Waals surface area contributed by atoms with Crippen LogP contribution in [0.5, 0.6) is 0 Å². The van der Waals surface area contributed by atoms with Crippen LogP contribution in [0.2, 0.25) is 0 Å². The van der Waals surface area contributed by atoms with Crippen molar-refractivity contribution in [1.29, 1.82) is 0 Å². The number of nitrogens with zero attached hydrogens (tertiary/aromatic N) is 1. The highest BCUT2D eigenvalue weighted by Crippen LogP contribution is 2.31. The minimum Gasteiger partial charge on any atom is -0.461 e. The van der Waals surface area contributed by atoms with Crippen LogP contribution in [0, 0.1) is 0 Å². The monoisotopic (exact) mass is 317 g/mol. The van der Waals surface area contributed by atoms with Crippen molar-refractivity contribution in [3.05, 3.63) is 72.1 Å². The molecule has 0 N–H and O–H groups in total. The Balaban J connectivity index is 1.70. The van der Waals surface area contributed by atoms with Crippen LogP contribution in [-0.4, -0.2) is 4.57 Å². The van der Waals surface area contributed by atoms with Gasteiger partial charge in [0.1, 0.15) is 11.3 Å². The summed E-state index contributed by atoms with van der Waals surface area (Å²) in [6.07, 6.45) is 2.31. The molecule has 2 nitrogen and oxygen atoms in total. The second-order valence-electron chi connectivity index (χ2n) is 7.00. The molecule has 1 atom stereocenters. The predicted molar refractivity (Wildman–Crippen MR) is 101 cm³/mol. The third-order valence-corrected chi connectivity index (χ3v) is 4.84. The largest absolute Gasteiger partial charge is 0.461 e. The first-order chi connectivity index (χ1) is 11.6. The number of rotatable bonds is 4. The number of furan rings is 1. The van der Waals surface area contributed by atoms with Crippen LogP contribution >= 0.6 is 0 Å². The Bertz CT molecular complexity index is 956. The number of benzene rings is 2. The molecule has 4 rings (SSSR count). The average molecular weight is 317 g/mol. The molecule has 0 saturated carbocycles. The lowest BCUT2D eigenvalue weighted by Crippen LogP contribution is -2.04. The van der Waals surface area contributed by atoms with E-state index in [1.807, 2.05) is 12.1 Å². The van der Waals surface area contributed by atoms with Gasteiger partial charge < -0.3 is 8.98 Å². The highest BCUT2D eigenvalue weighted by molar-refractivity contribution is 5.84. The van der Waals surface area contributed by atoms with E-state index >= 15 is 0 Å². The zero-order valence-electron chi connectivity index (χ0n) is 14.5. The lowest BCUT2D eigenvalue weighted by atomic mass is 10.0. The molecule has 2 heterocycles. The maximum atomic E-state index is 6.06. The summed E-state index contributed by atoms with van der Waals surface area (Å²) < 4.78 is 8.43. The molecular weight excluding hydrogens is 294 g/mol. The van der Waals surface area contributed by atoms with Crippen LogP contribution < -0.4 is 0 Å². The van der Waals surface area contributed by atoms with E-state index in [1.54, 1.807) is 0 Å². The first-order valence-electron chi connectivity index (χ1n) is 8.69. The number of hydrogen-bond donors (Lipinski definition) is 0. The molecule has 0 saturated heterocycles. The molecule has 0 radical (unpaired) electrons. The third-order valence-electron chi connectivity index (χ3n) is 4.84. The van der Waals surface area contributed by atoms with Crippen molar-refractivity contribution in [2.45, 2.75) is 39.2 Å². The highest BCUT2D eigenvalue weighted by atomic mass is 16.3. The Labute approximate surface area is 142 Å². The summed E-state index contributed by atoms with van der Waals surface area (Å²) in [5.74, 6) is 1.91. The van der Waals surface area contributed by atoms with Crippen LogP contribution in [-0.2, 0) is 6.54 Å². The topological polar surface area (TPSA) is 18.1 Å². The zero-order chi connectivity index (χ0) is 16.7. The first-order valence-corrected chi connectivity index (χ1v) is 8.69. The van der Waals surface area contributed by atoms with Gasteiger partial charge in [0.25, 0.3) is 0 Å². The molecule has 0 fully saturated rings. The SMILES string of the molecule is CC(C)c1cn(CC(C)c2cc3ccccc3o2)c2ccccc12. The summed E-state index contributed by atoms with van der Waals surface area (Å²) in [5, 5.41) is 2.55. The van der Waals surface area contributed by atoms with E-state index in [-0.39, 0.29) is 0 Å². The van der Waals surface area contributed by atoms with Gasteiger partial charge in [-0.3, -0.25) is 0 Å². The van der Waals surface area contributed by atoms with Crippen molar-refractivity contribution in [3.63, 3.8) is 0 Å². The molecule has 1 unspecified atom stereocenters. The average Bonchev–Trinajstić information content (AvgIpc) is 3.17. The molecule has 0 aliphatic carbocycles. The Kier molecular flexibility index (Phi) is 3.68. The second-order valence-corrected chi connectivity index (χ2v) is 7.00. The Morgan fingerprint density at radius 3 is 2.50 bits per heavy atom. The van der Waals surface area contributed by atoms with Crippen molar-refractivity contribution in [1.82, 2.24) is 4.57 Å². The van der Waals surface area contributed by atoms with Gasteiger partial charge in [0, 0.05) is 34.9 Å². The number of aromatic nitrogens is 1. The maximum Gasteiger partial charge on any atom is 0.134 e. The van der Waals surface area contributed by atoms with Gasteiger partial charge >= 0.3 is 0 Å². The van der Waals surface area contributed by atoms with Crippen molar-refractivity contribution in [2.24, 2.45) is 0 Å². The highest BCUT2D eigenvalue weighted by Gasteiger charge is 2.16. The van der Waals surface area contributed by atoms with Crippen LogP contribution in [0.4, 0.5) is 0 Å². The standard InChI is InChI=1S/C22H23NO/c1-15(2)19-14-23(20-10-6-5-9-18(19)20)13-16(3)22-12-17-8-4-7-11-21(17)24-22/h4-12,14-16H,13H2,1-3H3. The summed E-state index contributed by atoms with van der Waals surface area (Å²) >= 11 is 0. The van der Waals surface area contributed by atoms with E-state index < -0.39 is 0 Å². The fraction of sp³-hybridized carbons (Fsp3) is 0.273. The van der Waals surface area contributed by atoms with Gasteiger partial charge in [0.05, 0.1) is 0 Å². The molecule has 2 heteroatoms. The first kappa shape index (κ1) is 15.1. The van der Waals surface area contributed by atoms with Crippen molar-refractivity contribution in [2.75, 3.05) is 0 Å². The van der Waals surface area contributed by atoms with Crippen molar-refractivity contribution >= 4 is 21.9 Å². The fourth-order valence-corrected chi connectivity index (χ4v) is 3.52. The molecule has 0 aliphatic heterocycles. The Morgan fingerprint density at radius 2 is 1.71 bits per heavy atom. The van der Waals surface area contributed by atoms with Gasteiger partial charge in [0.15, 0.2) is 0 Å². The van der Waals surface area contributed by atoms with Crippen molar-refractivity contribution < 1.29 is 4.42 Å². The summed E-state index contributed by atoms with van der Waals surface area (Å²) in [4.78, 5) is 0. The smallest absolute Gasteiger partial charge is 0.134 e. The van der Waals surface area contributed by atoms with E-state index in [1.165, 1.54) is 21.9 Å². The van der Waals surface area contributed by atoms with Gasteiger partial charge in [0.2, 0.25) is 0 Å². The van der Waals surface area contributed by atoms with Gasteiger partial charge in [-0.25, -0.2) is 0 Å². The molecule has 0 spiro atoms. The van der Waals surface area contributed by atoms with E-state index in [0.29, 0.717) is 11.8 Å². The molecule has 2 aromatic heterocycles. The van der Waals surface area contributed by atoms with E-state index in [4.69, 9.17) is 4.42 Å². The molecule has 122 valence electrons. The molecular formula is C22H23NO.